The fraction of sp³-hybridized carbons (Fsp3) is 0.167. The maximum Gasteiger partial charge on any atom is 0.413 e. The second-order valence-electron chi connectivity index (χ2n) is 8.06. The van der Waals surface area contributed by atoms with Crippen LogP contribution in [-0.4, -0.2) is 30.8 Å². The Kier molecular flexibility index (Phi) is 4.55. The number of aryl methyl sites for hydroxylation is 2. The molecule has 3 aromatic heterocycles. The summed E-state index contributed by atoms with van der Waals surface area (Å²) in [6, 6.07) is 13.7. The summed E-state index contributed by atoms with van der Waals surface area (Å²) in [5.41, 5.74) is 5.52. The van der Waals surface area contributed by atoms with Crippen LogP contribution in [0.25, 0.3) is 33.5 Å². The van der Waals surface area contributed by atoms with Gasteiger partial charge >= 0.3 is 6.09 Å². The molecule has 1 atom stereocenters. The van der Waals surface area contributed by atoms with Gasteiger partial charge in [0.1, 0.15) is 11.4 Å². The second kappa shape index (κ2) is 7.60. The maximum absolute atomic E-state index is 12.7. The Labute approximate surface area is 193 Å². The Balaban J connectivity index is 1.30. The van der Waals surface area contributed by atoms with Crippen molar-refractivity contribution in [1.29, 1.82) is 0 Å². The Bertz CT molecular complexity index is 1540. The lowest BCUT2D eigenvalue weighted by atomic mass is 10.1. The number of aromatic nitrogens is 5. The van der Waals surface area contributed by atoms with Crippen molar-refractivity contribution >= 4 is 39.8 Å². The topological polar surface area (TPSA) is 97.7 Å². The normalized spacial score (nSPS) is 15.2. The van der Waals surface area contributed by atoms with Crippen LogP contribution in [0, 0.1) is 0 Å². The second-order valence-corrected chi connectivity index (χ2v) is 8.50. The van der Waals surface area contributed by atoms with E-state index < -0.39 is 6.09 Å². The predicted octanol–water partition coefficient (Wildman–Crippen LogP) is 4.94. The molecule has 1 aliphatic rings. The van der Waals surface area contributed by atoms with Gasteiger partial charge in [-0.1, -0.05) is 35.9 Å². The highest BCUT2D eigenvalue weighted by Crippen LogP contribution is 2.32. The molecule has 0 radical (unpaired) electrons. The first-order valence-corrected chi connectivity index (χ1v) is 11.0. The van der Waals surface area contributed by atoms with E-state index in [1.807, 2.05) is 43.4 Å². The molecule has 2 aromatic carbocycles. The standard InChI is InChI=1S/C24H19ClN6O2/c1-31-19-10-14(25)7-8-16(19)21(30-31)18-11-26-23-22(28-18)20(12-27-23)33-24(32)29-17-9-6-13-4-2-3-5-15(13)17/h2-5,7-8,10-12,17H,6,9H2,1H3,(H,26,27)(H,29,32)/t17-/m1/s1. The van der Waals surface area contributed by atoms with Crippen LogP contribution in [0.1, 0.15) is 23.6 Å². The number of H-pyrrole nitrogens is 1. The highest BCUT2D eigenvalue weighted by molar-refractivity contribution is 6.31. The highest BCUT2D eigenvalue weighted by atomic mass is 35.5. The van der Waals surface area contributed by atoms with E-state index in [9.17, 15) is 4.79 Å². The molecule has 5 aromatic rings. The van der Waals surface area contributed by atoms with Crippen LogP contribution in [0.3, 0.4) is 0 Å². The molecule has 0 bridgehead atoms. The molecule has 0 fully saturated rings. The van der Waals surface area contributed by atoms with Gasteiger partial charge in [-0.15, -0.1) is 0 Å². The molecule has 1 aliphatic carbocycles. The summed E-state index contributed by atoms with van der Waals surface area (Å²) in [5, 5.41) is 9.11. The number of nitrogens with one attached hydrogen (secondary N) is 2. The Hall–Kier alpha value is -3.91. The zero-order valence-electron chi connectivity index (χ0n) is 17.7. The first-order chi connectivity index (χ1) is 16.1. The average molecular weight is 459 g/mol. The van der Waals surface area contributed by atoms with Gasteiger partial charge < -0.3 is 15.0 Å². The van der Waals surface area contributed by atoms with Gasteiger partial charge in [-0.25, -0.2) is 14.8 Å². The Morgan fingerprint density at radius 2 is 2.15 bits per heavy atom. The molecule has 3 heterocycles. The molecule has 0 unspecified atom stereocenters. The Morgan fingerprint density at radius 1 is 1.27 bits per heavy atom. The zero-order chi connectivity index (χ0) is 22.5. The van der Waals surface area contributed by atoms with Gasteiger partial charge in [0, 0.05) is 23.7 Å². The molecular formula is C24H19ClN6O2. The van der Waals surface area contributed by atoms with E-state index in [-0.39, 0.29) is 6.04 Å². The quantitative estimate of drug-likeness (QED) is 0.399. The van der Waals surface area contributed by atoms with Crippen LogP contribution in [0.2, 0.25) is 5.02 Å². The van der Waals surface area contributed by atoms with E-state index in [1.54, 1.807) is 17.1 Å². The van der Waals surface area contributed by atoms with Gasteiger partial charge in [0.25, 0.3) is 0 Å². The van der Waals surface area contributed by atoms with E-state index in [4.69, 9.17) is 21.3 Å². The van der Waals surface area contributed by atoms with Crippen molar-refractivity contribution in [3.63, 3.8) is 0 Å². The third-order valence-electron chi connectivity index (χ3n) is 6.03. The number of amides is 1. The van der Waals surface area contributed by atoms with Gasteiger partial charge in [-0.2, -0.15) is 5.10 Å². The predicted molar refractivity (Wildman–Crippen MR) is 125 cm³/mol. The zero-order valence-corrected chi connectivity index (χ0v) is 18.4. The number of carbonyl (C=O) groups excluding carboxylic acids is 1. The fourth-order valence-corrected chi connectivity index (χ4v) is 4.63. The number of halogens is 1. The lowest BCUT2D eigenvalue weighted by Crippen LogP contribution is -2.29. The molecule has 1 amide bonds. The minimum absolute atomic E-state index is 0.0627. The molecule has 0 saturated carbocycles. The lowest BCUT2D eigenvalue weighted by molar-refractivity contribution is 0.196. The SMILES string of the molecule is Cn1nc(-c2cnc3[nH]cc(OC(=O)N[C@@H]4CCc5ccccc54)c3n2)c2ccc(Cl)cc21. The molecule has 2 N–H and O–H groups in total. The molecule has 8 nitrogen and oxygen atoms in total. The summed E-state index contributed by atoms with van der Waals surface area (Å²) in [6.45, 7) is 0. The van der Waals surface area contributed by atoms with Gasteiger partial charge in [0.2, 0.25) is 0 Å². The summed E-state index contributed by atoms with van der Waals surface area (Å²) < 4.78 is 7.37. The molecule has 0 spiro atoms. The molecular weight excluding hydrogens is 440 g/mol. The number of benzene rings is 2. The third kappa shape index (κ3) is 3.39. The van der Waals surface area contributed by atoms with Crippen molar-refractivity contribution in [2.45, 2.75) is 18.9 Å². The first kappa shape index (κ1) is 19.8. The summed E-state index contributed by atoms with van der Waals surface area (Å²) in [7, 11) is 1.85. The minimum atomic E-state index is -0.525. The number of fused-ring (bicyclic) bond motifs is 3. The van der Waals surface area contributed by atoms with E-state index >= 15 is 0 Å². The van der Waals surface area contributed by atoms with E-state index in [2.05, 4.69) is 26.4 Å². The maximum atomic E-state index is 12.7. The minimum Gasteiger partial charge on any atom is -0.406 e. The highest BCUT2D eigenvalue weighted by Gasteiger charge is 2.25. The summed E-state index contributed by atoms with van der Waals surface area (Å²) in [6.07, 6.45) is 4.50. The van der Waals surface area contributed by atoms with Crippen LogP contribution in [0.5, 0.6) is 5.75 Å². The monoisotopic (exact) mass is 458 g/mol. The fourth-order valence-electron chi connectivity index (χ4n) is 4.46. The van der Waals surface area contributed by atoms with Crippen molar-refractivity contribution in [2.24, 2.45) is 7.05 Å². The first-order valence-electron chi connectivity index (χ1n) is 10.6. The lowest BCUT2D eigenvalue weighted by Gasteiger charge is -2.13. The van der Waals surface area contributed by atoms with Crippen molar-refractivity contribution in [1.82, 2.24) is 30.0 Å². The van der Waals surface area contributed by atoms with Crippen LogP contribution >= 0.6 is 11.6 Å². The Morgan fingerprint density at radius 3 is 3.06 bits per heavy atom. The van der Waals surface area contributed by atoms with Gasteiger partial charge in [-0.05, 0) is 42.2 Å². The van der Waals surface area contributed by atoms with Gasteiger partial charge in [-0.3, -0.25) is 4.68 Å². The van der Waals surface area contributed by atoms with Gasteiger partial charge in [0.05, 0.1) is 17.8 Å². The van der Waals surface area contributed by atoms with Crippen molar-refractivity contribution in [3.05, 3.63) is 71.0 Å². The number of carbonyl (C=O) groups is 1. The third-order valence-corrected chi connectivity index (χ3v) is 6.26. The van der Waals surface area contributed by atoms with E-state index in [0.717, 1.165) is 29.3 Å². The van der Waals surface area contributed by atoms with Crippen LogP contribution in [0.4, 0.5) is 4.79 Å². The van der Waals surface area contributed by atoms with Crippen LogP contribution in [0.15, 0.2) is 54.9 Å². The molecule has 9 heteroatoms. The van der Waals surface area contributed by atoms with Crippen molar-refractivity contribution in [3.8, 4) is 17.1 Å². The number of hydrogen-bond donors (Lipinski definition) is 2. The van der Waals surface area contributed by atoms with Crippen LogP contribution < -0.4 is 10.1 Å². The smallest absolute Gasteiger partial charge is 0.406 e. The number of nitrogens with zero attached hydrogens (tertiary/aromatic N) is 4. The van der Waals surface area contributed by atoms with E-state index in [0.29, 0.717) is 33.3 Å². The summed E-state index contributed by atoms with van der Waals surface area (Å²) in [5.74, 6) is 0.311. The largest absolute Gasteiger partial charge is 0.413 e. The number of hydrogen-bond acceptors (Lipinski definition) is 5. The number of aromatic amines is 1. The number of rotatable bonds is 3. The summed E-state index contributed by atoms with van der Waals surface area (Å²) >= 11 is 6.14. The molecule has 0 saturated heterocycles. The van der Waals surface area contributed by atoms with Crippen molar-refractivity contribution in [2.75, 3.05) is 0 Å². The average Bonchev–Trinajstić information content (AvgIpc) is 3.50. The number of ether oxygens (including phenoxy) is 1. The molecule has 164 valence electrons. The molecule has 6 rings (SSSR count). The van der Waals surface area contributed by atoms with Crippen LogP contribution in [-0.2, 0) is 13.5 Å². The molecule has 33 heavy (non-hydrogen) atoms. The van der Waals surface area contributed by atoms with Gasteiger partial charge in [0.15, 0.2) is 16.9 Å². The molecule has 0 aliphatic heterocycles. The summed E-state index contributed by atoms with van der Waals surface area (Å²) in [4.78, 5) is 24.8. The van der Waals surface area contributed by atoms with E-state index in [1.165, 1.54) is 5.56 Å². The van der Waals surface area contributed by atoms with Crippen molar-refractivity contribution < 1.29 is 9.53 Å².